The second-order valence-corrected chi connectivity index (χ2v) is 6.57. The fourth-order valence-corrected chi connectivity index (χ4v) is 2.73. The van der Waals surface area contributed by atoms with Gasteiger partial charge in [-0.15, -0.1) is 11.6 Å². The van der Waals surface area contributed by atoms with Gasteiger partial charge in [0.2, 0.25) is 5.91 Å². The summed E-state index contributed by atoms with van der Waals surface area (Å²) in [6.07, 6.45) is 1.92. The number of ether oxygens (including phenoxy) is 2. The molecular weight excluding hydrogens is 354 g/mol. The molecule has 136 valence electrons. The van der Waals surface area contributed by atoms with Crippen molar-refractivity contribution in [2.75, 3.05) is 19.5 Å². The number of nitrogens with one attached hydrogen (secondary N) is 1. The number of halogens is 1. The van der Waals surface area contributed by atoms with Crippen LogP contribution in [0.4, 0.5) is 5.82 Å². The molecule has 0 saturated carbocycles. The van der Waals surface area contributed by atoms with E-state index in [0.717, 1.165) is 16.8 Å². The van der Waals surface area contributed by atoms with Crippen molar-refractivity contribution in [3.63, 3.8) is 0 Å². The number of benzene rings is 1. The summed E-state index contributed by atoms with van der Waals surface area (Å²) >= 11 is 5.93. The SMILES string of the molecule is COc1ccc(-c2nc3ccc(C)cn3c2NC(=O)C(C)Cl)cc1OC. The summed E-state index contributed by atoms with van der Waals surface area (Å²) in [5.74, 6) is 1.47. The number of alkyl halides is 1. The molecule has 0 spiro atoms. The lowest BCUT2D eigenvalue weighted by Crippen LogP contribution is -2.21. The number of hydrogen-bond donors (Lipinski definition) is 1. The van der Waals surface area contributed by atoms with Gasteiger partial charge in [-0.2, -0.15) is 0 Å². The minimum Gasteiger partial charge on any atom is -0.493 e. The van der Waals surface area contributed by atoms with E-state index in [1.54, 1.807) is 27.2 Å². The molecule has 2 heterocycles. The van der Waals surface area contributed by atoms with E-state index in [1.807, 2.05) is 41.8 Å². The Labute approximate surface area is 156 Å². The molecule has 1 N–H and O–H groups in total. The number of carbonyl (C=O) groups is 1. The average molecular weight is 374 g/mol. The fourth-order valence-electron chi connectivity index (χ4n) is 2.67. The van der Waals surface area contributed by atoms with Gasteiger partial charge >= 0.3 is 0 Å². The van der Waals surface area contributed by atoms with Crippen molar-refractivity contribution in [2.24, 2.45) is 0 Å². The maximum Gasteiger partial charge on any atom is 0.243 e. The second-order valence-electron chi connectivity index (χ2n) is 5.92. The number of rotatable bonds is 5. The molecule has 1 aromatic carbocycles. The Kier molecular flexibility index (Phi) is 5.04. The maximum absolute atomic E-state index is 12.2. The summed E-state index contributed by atoms with van der Waals surface area (Å²) in [6, 6.07) is 9.37. The van der Waals surface area contributed by atoms with Crippen molar-refractivity contribution in [1.29, 1.82) is 0 Å². The Balaban J connectivity index is 2.20. The third-order valence-electron chi connectivity index (χ3n) is 4.03. The van der Waals surface area contributed by atoms with Gasteiger partial charge in [0.15, 0.2) is 11.5 Å². The van der Waals surface area contributed by atoms with Crippen LogP contribution in [0.5, 0.6) is 11.5 Å². The largest absolute Gasteiger partial charge is 0.493 e. The van der Waals surface area contributed by atoms with E-state index in [1.165, 1.54) is 0 Å². The molecule has 0 bridgehead atoms. The summed E-state index contributed by atoms with van der Waals surface area (Å²) in [4.78, 5) is 16.9. The molecule has 2 aromatic heterocycles. The number of hydrogen-bond acceptors (Lipinski definition) is 4. The smallest absolute Gasteiger partial charge is 0.243 e. The van der Waals surface area contributed by atoms with Gasteiger partial charge in [0, 0.05) is 11.8 Å². The zero-order valence-corrected chi connectivity index (χ0v) is 15.8. The van der Waals surface area contributed by atoms with Crippen molar-refractivity contribution < 1.29 is 14.3 Å². The van der Waals surface area contributed by atoms with E-state index in [4.69, 9.17) is 21.1 Å². The lowest BCUT2D eigenvalue weighted by atomic mass is 10.1. The fraction of sp³-hybridized carbons (Fsp3) is 0.263. The molecule has 6 nitrogen and oxygen atoms in total. The monoisotopic (exact) mass is 373 g/mol. The third kappa shape index (κ3) is 3.32. The zero-order chi connectivity index (χ0) is 18.8. The number of aryl methyl sites for hydroxylation is 1. The van der Waals surface area contributed by atoms with Crippen LogP contribution in [-0.4, -0.2) is 34.9 Å². The van der Waals surface area contributed by atoms with E-state index in [9.17, 15) is 4.79 Å². The molecule has 0 aliphatic heterocycles. The molecule has 0 fully saturated rings. The molecule has 0 aliphatic rings. The Morgan fingerprint density at radius 3 is 2.58 bits per heavy atom. The maximum atomic E-state index is 12.2. The van der Waals surface area contributed by atoms with Crippen LogP contribution in [0.2, 0.25) is 0 Å². The van der Waals surface area contributed by atoms with Crippen LogP contribution in [-0.2, 0) is 4.79 Å². The van der Waals surface area contributed by atoms with Crippen LogP contribution >= 0.6 is 11.6 Å². The molecule has 3 aromatic rings. The molecule has 0 saturated heterocycles. The Hall–Kier alpha value is -2.73. The molecule has 0 aliphatic carbocycles. The number of methoxy groups -OCH3 is 2. The Morgan fingerprint density at radius 2 is 1.92 bits per heavy atom. The van der Waals surface area contributed by atoms with Crippen molar-refractivity contribution in [3.05, 3.63) is 42.1 Å². The first-order chi connectivity index (χ1) is 12.4. The summed E-state index contributed by atoms with van der Waals surface area (Å²) in [6.45, 7) is 3.60. The van der Waals surface area contributed by atoms with Crippen LogP contribution in [0.3, 0.4) is 0 Å². The summed E-state index contributed by atoms with van der Waals surface area (Å²) in [7, 11) is 3.16. The second kappa shape index (κ2) is 7.25. The predicted molar refractivity (Wildman–Crippen MR) is 102 cm³/mol. The van der Waals surface area contributed by atoms with Gasteiger partial charge in [-0.25, -0.2) is 4.98 Å². The van der Waals surface area contributed by atoms with E-state index >= 15 is 0 Å². The first-order valence-electron chi connectivity index (χ1n) is 8.10. The van der Waals surface area contributed by atoms with E-state index in [-0.39, 0.29) is 5.91 Å². The van der Waals surface area contributed by atoms with Crippen LogP contribution in [0, 0.1) is 6.92 Å². The van der Waals surface area contributed by atoms with Crippen molar-refractivity contribution in [1.82, 2.24) is 9.38 Å². The Morgan fingerprint density at radius 1 is 1.19 bits per heavy atom. The summed E-state index contributed by atoms with van der Waals surface area (Å²) in [5.41, 5.74) is 3.19. The molecule has 1 amide bonds. The molecule has 7 heteroatoms. The Bertz CT molecular complexity index is 966. The van der Waals surface area contributed by atoms with E-state index in [2.05, 4.69) is 10.3 Å². The number of imidazole rings is 1. The molecule has 1 atom stereocenters. The van der Waals surface area contributed by atoms with Crippen molar-refractivity contribution in [3.8, 4) is 22.8 Å². The number of aromatic nitrogens is 2. The number of carbonyl (C=O) groups excluding carboxylic acids is 1. The van der Waals surface area contributed by atoms with Gasteiger partial charge in [0.1, 0.15) is 22.5 Å². The third-order valence-corrected chi connectivity index (χ3v) is 4.22. The van der Waals surface area contributed by atoms with E-state index in [0.29, 0.717) is 23.0 Å². The highest BCUT2D eigenvalue weighted by atomic mass is 35.5. The predicted octanol–water partition coefficient (Wildman–Crippen LogP) is 3.89. The number of fused-ring (bicyclic) bond motifs is 1. The van der Waals surface area contributed by atoms with Gasteiger partial charge in [0.25, 0.3) is 0 Å². The molecule has 1 unspecified atom stereocenters. The first kappa shape index (κ1) is 18.1. The lowest BCUT2D eigenvalue weighted by Gasteiger charge is -2.11. The van der Waals surface area contributed by atoms with Gasteiger partial charge in [-0.1, -0.05) is 6.07 Å². The van der Waals surface area contributed by atoms with Crippen LogP contribution in [0.1, 0.15) is 12.5 Å². The van der Waals surface area contributed by atoms with Crippen LogP contribution in [0.25, 0.3) is 16.9 Å². The highest BCUT2D eigenvalue weighted by Crippen LogP contribution is 2.35. The molecular formula is C19H20ClN3O3. The van der Waals surface area contributed by atoms with Gasteiger partial charge < -0.3 is 14.8 Å². The van der Waals surface area contributed by atoms with Gasteiger partial charge in [-0.05, 0) is 43.7 Å². The standard InChI is InChI=1S/C19H20ClN3O3/c1-11-5-8-16-21-17(13-6-7-14(25-3)15(9-13)26-4)18(23(16)10-11)22-19(24)12(2)20/h5-10,12H,1-4H3,(H,22,24). The quantitative estimate of drug-likeness (QED) is 0.689. The average Bonchev–Trinajstić information content (AvgIpc) is 2.98. The number of amides is 1. The van der Waals surface area contributed by atoms with Crippen molar-refractivity contribution >= 4 is 29.0 Å². The van der Waals surface area contributed by atoms with Crippen LogP contribution < -0.4 is 14.8 Å². The van der Waals surface area contributed by atoms with Gasteiger partial charge in [-0.3, -0.25) is 9.20 Å². The summed E-state index contributed by atoms with van der Waals surface area (Å²) in [5, 5.41) is 2.22. The highest BCUT2D eigenvalue weighted by Gasteiger charge is 2.20. The number of pyridine rings is 1. The molecule has 26 heavy (non-hydrogen) atoms. The van der Waals surface area contributed by atoms with Crippen LogP contribution in [0.15, 0.2) is 36.5 Å². The number of anilines is 1. The minimum atomic E-state index is -0.663. The lowest BCUT2D eigenvalue weighted by molar-refractivity contribution is -0.115. The minimum absolute atomic E-state index is 0.295. The zero-order valence-electron chi connectivity index (χ0n) is 15.0. The van der Waals surface area contributed by atoms with Gasteiger partial charge in [0.05, 0.1) is 14.2 Å². The van der Waals surface area contributed by atoms with Crippen molar-refractivity contribution in [2.45, 2.75) is 19.2 Å². The van der Waals surface area contributed by atoms with E-state index < -0.39 is 5.38 Å². The molecule has 0 radical (unpaired) electrons. The summed E-state index contributed by atoms with van der Waals surface area (Å²) < 4.78 is 12.5. The first-order valence-corrected chi connectivity index (χ1v) is 8.54. The molecule has 3 rings (SSSR count). The highest BCUT2D eigenvalue weighted by molar-refractivity contribution is 6.32. The number of nitrogens with zero attached hydrogens (tertiary/aromatic N) is 2. The normalized spacial score (nSPS) is 12.0. The topological polar surface area (TPSA) is 64.9 Å².